The van der Waals surface area contributed by atoms with Gasteiger partial charge in [-0.3, -0.25) is 4.79 Å². The molecule has 124 valence electrons. The number of carbonyl (C=O) groups excluding carboxylic acids is 1. The first-order chi connectivity index (χ1) is 10.4. The van der Waals surface area contributed by atoms with Gasteiger partial charge in [-0.1, -0.05) is 25.1 Å². The summed E-state index contributed by atoms with van der Waals surface area (Å²) in [5, 5.41) is 0. The monoisotopic (exact) mass is 328 g/mol. The lowest BCUT2D eigenvalue weighted by Crippen LogP contribution is -2.37. The highest BCUT2D eigenvalue weighted by atomic mass is 32.2. The molecule has 0 aromatic heterocycles. The largest absolute Gasteiger partial charge is 0.496 e. The van der Waals surface area contributed by atoms with Crippen molar-refractivity contribution in [1.82, 2.24) is 9.62 Å². The molecule has 0 aliphatic heterocycles. The number of ether oxygens (including phenoxy) is 1. The number of para-hydroxylation sites is 1. The quantitative estimate of drug-likeness (QED) is 0.743. The molecule has 0 bridgehead atoms. The zero-order valence-corrected chi connectivity index (χ0v) is 14.1. The molecule has 7 heteroatoms. The van der Waals surface area contributed by atoms with E-state index in [9.17, 15) is 13.2 Å². The summed E-state index contributed by atoms with van der Waals surface area (Å²) in [5.41, 5.74) is 0.886. The van der Waals surface area contributed by atoms with Crippen LogP contribution in [0.5, 0.6) is 5.75 Å². The van der Waals surface area contributed by atoms with Crippen LogP contribution in [-0.2, 0) is 21.4 Å². The number of methoxy groups -OCH3 is 1. The summed E-state index contributed by atoms with van der Waals surface area (Å²) in [6, 6.07) is 7.45. The van der Waals surface area contributed by atoms with E-state index in [1.807, 2.05) is 31.2 Å². The summed E-state index contributed by atoms with van der Waals surface area (Å²) >= 11 is 0. The summed E-state index contributed by atoms with van der Waals surface area (Å²) in [5.74, 6) is 0.695. The van der Waals surface area contributed by atoms with Crippen LogP contribution in [0.4, 0.5) is 0 Å². The van der Waals surface area contributed by atoms with Gasteiger partial charge in [0.25, 0.3) is 0 Å². The van der Waals surface area contributed by atoms with Crippen molar-refractivity contribution in [1.29, 1.82) is 0 Å². The summed E-state index contributed by atoms with van der Waals surface area (Å²) in [4.78, 5) is 13.3. The van der Waals surface area contributed by atoms with Crippen LogP contribution in [0.3, 0.4) is 0 Å². The van der Waals surface area contributed by atoms with Crippen molar-refractivity contribution < 1.29 is 17.9 Å². The van der Waals surface area contributed by atoms with E-state index >= 15 is 0 Å². The maximum absolute atomic E-state index is 11.7. The van der Waals surface area contributed by atoms with Gasteiger partial charge < -0.3 is 9.64 Å². The Kier molecular flexibility index (Phi) is 7.34. The lowest BCUT2D eigenvalue weighted by atomic mass is 10.2. The molecular formula is C15H24N2O4S. The highest BCUT2D eigenvalue weighted by molar-refractivity contribution is 7.89. The second-order valence-corrected chi connectivity index (χ2v) is 6.89. The fourth-order valence-electron chi connectivity index (χ4n) is 2.06. The topological polar surface area (TPSA) is 75.7 Å². The minimum absolute atomic E-state index is 0.0968. The number of sulfonamides is 1. The second-order valence-electron chi connectivity index (χ2n) is 4.97. The van der Waals surface area contributed by atoms with Gasteiger partial charge in [0.15, 0.2) is 0 Å². The number of carbonyl (C=O) groups is 1. The number of hydrogen-bond donors (Lipinski definition) is 1. The smallest absolute Gasteiger partial charge is 0.219 e. The van der Waals surface area contributed by atoms with Gasteiger partial charge in [-0.25, -0.2) is 13.1 Å². The van der Waals surface area contributed by atoms with E-state index in [2.05, 4.69) is 4.72 Å². The number of nitrogens with zero attached hydrogens (tertiary/aromatic N) is 1. The molecule has 0 aliphatic carbocycles. The minimum atomic E-state index is -3.25. The van der Waals surface area contributed by atoms with Crippen LogP contribution in [0.25, 0.3) is 0 Å². The first-order valence-corrected chi connectivity index (χ1v) is 8.89. The van der Waals surface area contributed by atoms with E-state index in [1.165, 1.54) is 6.92 Å². The maximum Gasteiger partial charge on any atom is 0.219 e. The summed E-state index contributed by atoms with van der Waals surface area (Å²) in [6.07, 6.45) is 0.562. The summed E-state index contributed by atoms with van der Waals surface area (Å²) in [7, 11) is -1.67. The molecule has 22 heavy (non-hydrogen) atoms. The molecule has 6 nitrogen and oxygen atoms in total. The molecule has 1 N–H and O–H groups in total. The Balaban J connectivity index is 2.65. The highest BCUT2D eigenvalue weighted by Gasteiger charge is 2.14. The van der Waals surface area contributed by atoms with Gasteiger partial charge in [0.05, 0.1) is 12.9 Å². The van der Waals surface area contributed by atoms with Crippen LogP contribution in [0.15, 0.2) is 24.3 Å². The molecule has 1 aromatic rings. The number of nitrogens with one attached hydrogen (secondary N) is 1. The highest BCUT2D eigenvalue weighted by Crippen LogP contribution is 2.19. The molecule has 0 saturated carbocycles. The van der Waals surface area contributed by atoms with Crippen LogP contribution < -0.4 is 9.46 Å². The predicted molar refractivity (Wildman–Crippen MR) is 86.2 cm³/mol. The van der Waals surface area contributed by atoms with Crippen molar-refractivity contribution in [3.8, 4) is 5.75 Å². The standard InChI is InChI=1S/C15H24N2O4S/c1-4-11-22(19,20)16-9-10-17(13(2)18)12-14-7-5-6-8-15(14)21-3/h5-8,16H,4,9-12H2,1-3H3. The van der Waals surface area contributed by atoms with E-state index in [0.717, 1.165) is 5.56 Å². The third kappa shape index (κ3) is 6.03. The van der Waals surface area contributed by atoms with Gasteiger partial charge in [0.2, 0.25) is 15.9 Å². The summed E-state index contributed by atoms with van der Waals surface area (Å²) < 4.78 is 31.0. The van der Waals surface area contributed by atoms with Crippen molar-refractivity contribution in [2.75, 3.05) is 26.0 Å². The fraction of sp³-hybridized carbons (Fsp3) is 0.533. The lowest BCUT2D eigenvalue weighted by molar-refractivity contribution is -0.129. The van der Waals surface area contributed by atoms with E-state index in [-0.39, 0.29) is 18.2 Å². The molecule has 0 radical (unpaired) electrons. The SMILES string of the molecule is CCCS(=O)(=O)NCCN(Cc1ccccc1OC)C(C)=O. The number of hydrogen-bond acceptors (Lipinski definition) is 4. The zero-order valence-electron chi connectivity index (χ0n) is 13.3. The van der Waals surface area contributed by atoms with Crippen molar-refractivity contribution >= 4 is 15.9 Å². The Morgan fingerprint density at radius 2 is 2.00 bits per heavy atom. The Morgan fingerprint density at radius 1 is 1.32 bits per heavy atom. The number of benzene rings is 1. The molecular weight excluding hydrogens is 304 g/mol. The van der Waals surface area contributed by atoms with Gasteiger partial charge in [-0.05, 0) is 12.5 Å². The Bertz CT molecular complexity index is 587. The van der Waals surface area contributed by atoms with E-state index in [4.69, 9.17) is 4.74 Å². The molecule has 0 atom stereocenters. The first kappa shape index (κ1) is 18.4. The van der Waals surface area contributed by atoms with E-state index in [1.54, 1.807) is 12.0 Å². The lowest BCUT2D eigenvalue weighted by Gasteiger charge is -2.22. The van der Waals surface area contributed by atoms with E-state index in [0.29, 0.717) is 25.3 Å². The first-order valence-electron chi connectivity index (χ1n) is 7.24. The third-order valence-electron chi connectivity index (χ3n) is 3.18. The van der Waals surface area contributed by atoms with Gasteiger partial charge in [-0.2, -0.15) is 0 Å². The summed E-state index contributed by atoms with van der Waals surface area (Å²) in [6.45, 7) is 4.18. The van der Waals surface area contributed by atoms with Crippen LogP contribution in [0, 0.1) is 0 Å². The van der Waals surface area contributed by atoms with Crippen LogP contribution in [-0.4, -0.2) is 45.2 Å². The van der Waals surface area contributed by atoms with Crippen LogP contribution in [0.2, 0.25) is 0 Å². The maximum atomic E-state index is 11.7. The molecule has 0 aliphatic rings. The molecule has 0 heterocycles. The van der Waals surface area contributed by atoms with E-state index < -0.39 is 10.0 Å². The molecule has 1 amide bonds. The number of amides is 1. The van der Waals surface area contributed by atoms with Gasteiger partial charge >= 0.3 is 0 Å². The Labute approximate surface area is 132 Å². The fourth-order valence-corrected chi connectivity index (χ4v) is 3.15. The van der Waals surface area contributed by atoms with Crippen molar-refractivity contribution in [2.45, 2.75) is 26.8 Å². The zero-order chi connectivity index (χ0) is 16.6. The van der Waals surface area contributed by atoms with Gasteiger partial charge in [0, 0.05) is 32.1 Å². The average molecular weight is 328 g/mol. The molecule has 0 fully saturated rings. The average Bonchev–Trinajstić information content (AvgIpc) is 2.46. The van der Waals surface area contributed by atoms with Crippen molar-refractivity contribution in [3.63, 3.8) is 0 Å². The second kappa shape index (κ2) is 8.75. The normalized spacial score (nSPS) is 11.2. The Hall–Kier alpha value is -1.60. The third-order valence-corrected chi connectivity index (χ3v) is 4.77. The Morgan fingerprint density at radius 3 is 2.59 bits per heavy atom. The minimum Gasteiger partial charge on any atom is -0.496 e. The molecule has 0 saturated heterocycles. The van der Waals surface area contributed by atoms with Crippen molar-refractivity contribution in [2.24, 2.45) is 0 Å². The van der Waals surface area contributed by atoms with Crippen LogP contribution >= 0.6 is 0 Å². The molecule has 0 unspecified atom stereocenters. The number of rotatable bonds is 9. The van der Waals surface area contributed by atoms with Gasteiger partial charge in [-0.15, -0.1) is 0 Å². The predicted octanol–water partition coefficient (Wildman–Crippen LogP) is 1.37. The van der Waals surface area contributed by atoms with Crippen molar-refractivity contribution in [3.05, 3.63) is 29.8 Å². The molecule has 1 rings (SSSR count). The van der Waals surface area contributed by atoms with Crippen LogP contribution in [0.1, 0.15) is 25.8 Å². The molecule has 1 aromatic carbocycles. The van der Waals surface area contributed by atoms with Gasteiger partial charge in [0.1, 0.15) is 5.75 Å². The molecule has 0 spiro atoms.